The lowest BCUT2D eigenvalue weighted by molar-refractivity contribution is -0.145. The van der Waals surface area contributed by atoms with Gasteiger partial charge in [0.25, 0.3) is 5.88 Å². The summed E-state index contributed by atoms with van der Waals surface area (Å²) < 4.78 is 25.4. The normalized spacial score (nSPS) is 10.6. The Morgan fingerprint density at radius 1 is 1.24 bits per heavy atom. The van der Waals surface area contributed by atoms with Gasteiger partial charge in [-0.05, 0) is 37.3 Å². The summed E-state index contributed by atoms with van der Waals surface area (Å²) in [5.41, 5.74) is 1.07. The largest absolute Gasteiger partial charge is 0.466 e. The fraction of sp³-hybridized carbons (Fsp3) is 0.211. The molecule has 0 atom stereocenters. The number of benzene rings is 1. The number of Topliss-reactive ketones (excluding diaryl/α,β-unsaturated/α-hetero) is 1. The minimum Gasteiger partial charge on any atom is -0.466 e. The van der Waals surface area contributed by atoms with E-state index in [1.165, 1.54) is 10.9 Å². The van der Waals surface area contributed by atoms with E-state index < -0.39 is 11.8 Å². The number of ether oxygens (including phenoxy) is 2. The van der Waals surface area contributed by atoms with Gasteiger partial charge in [0.2, 0.25) is 0 Å². The second-order valence-corrected chi connectivity index (χ2v) is 6.32. The van der Waals surface area contributed by atoms with E-state index >= 15 is 0 Å². The number of nitrogens with zero attached hydrogens (tertiary/aromatic N) is 4. The zero-order chi connectivity index (χ0) is 20.8. The van der Waals surface area contributed by atoms with Crippen LogP contribution < -0.4 is 4.74 Å². The number of esters is 1. The third kappa shape index (κ3) is 5.58. The summed E-state index contributed by atoms with van der Waals surface area (Å²) in [4.78, 5) is 27.0. The highest BCUT2D eigenvalue weighted by atomic mass is 35.5. The molecule has 0 spiro atoms. The molecular weight excluding hydrogens is 403 g/mol. The molecule has 2 heterocycles. The third-order valence-electron chi connectivity index (χ3n) is 3.66. The number of hydrogen-bond donors (Lipinski definition) is 0. The summed E-state index contributed by atoms with van der Waals surface area (Å²) in [6.07, 6.45) is 2.54. The van der Waals surface area contributed by atoms with Crippen molar-refractivity contribution in [2.45, 2.75) is 19.8 Å². The van der Waals surface area contributed by atoms with Crippen LogP contribution in [0.3, 0.4) is 0 Å². The predicted octanol–water partition coefficient (Wildman–Crippen LogP) is 3.31. The van der Waals surface area contributed by atoms with E-state index in [0.717, 1.165) is 6.07 Å². The smallest absolute Gasteiger partial charge is 0.313 e. The van der Waals surface area contributed by atoms with Gasteiger partial charge in [0.1, 0.15) is 18.0 Å². The number of halogens is 2. The van der Waals surface area contributed by atoms with Gasteiger partial charge in [0.15, 0.2) is 5.82 Å². The molecule has 3 aromatic rings. The molecule has 0 amide bonds. The quantitative estimate of drug-likeness (QED) is 0.409. The van der Waals surface area contributed by atoms with Crippen LogP contribution in [0.25, 0.3) is 5.69 Å². The van der Waals surface area contributed by atoms with Gasteiger partial charge in [-0.1, -0.05) is 16.8 Å². The van der Waals surface area contributed by atoms with E-state index in [1.54, 1.807) is 37.4 Å². The minimum atomic E-state index is -0.671. The topological polar surface area (TPSA) is 96.2 Å². The van der Waals surface area contributed by atoms with Crippen LogP contribution in [0.15, 0.2) is 42.7 Å². The molecule has 0 aliphatic carbocycles. The molecule has 0 aliphatic rings. The van der Waals surface area contributed by atoms with Crippen molar-refractivity contribution in [1.29, 1.82) is 0 Å². The van der Waals surface area contributed by atoms with Crippen LogP contribution in [0.4, 0.5) is 4.39 Å². The maximum Gasteiger partial charge on any atom is 0.313 e. The zero-order valence-electron chi connectivity index (χ0n) is 15.3. The highest BCUT2D eigenvalue weighted by Crippen LogP contribution is 2.24. The zero-order valence-corrected chi connectivity index (χ0v) is 16.1. The first-order valence-electron chi connectivity index (χ1n) is 8.62. The van der Waals surface area contributed by atoms with E-state index in [0.29, 0.717) is 17.1 Å². The first kappa shape index (κ1) is 20.4. The molecule has 2 aromatic heterocycles. The number of carbonyl (C=O) groups excluding carboxylic acids is 2. The molecule has 0 radical (unpaired) electrons. The van der Waals surface area contributed by atoms with Gasteiger partial charge < -0.3 is 9.47 Å². The first-order valence-corrected chi connectivity index (χ1v) is 9.00. The monoisotopic (exact) mass is 418 g/mol. The maximum absolute atomic E-state index is 13.8. The summed E-state index contributed by atoms with van der Waals surface area (Å²) in [5, 5.41) is 8.07. The summed E-state index contributed by atoms with van der Waals surface area (Å²) in [5.74, 6) is -1.36. The van der Waals surface area contributed by atoms with Gasteiger partial charge in [0.05, 0.1) is 35.6 Å². The van der Waals surface area contributed by atoms with E-state index in [-0.39, 0.29) is 36.1 Å². The van der Waals surface area contributed by atoms with Crippen LogP contribution in [0.5, 0.6) is 11.6 Å². The van der Waals surface area contributed by atoms with E-state index in [1.807, 2.05) is 0 Å². The lowest BCUT2D eigenvalue weighted by Crippen LogP contribution is -2.13. The number of pyridine rings is 1. The summed E-state index contributed by atoms with van der Waals surface area (Å²) >= 11 is 5.66. The molecule has 0 bridgehead atoms. The first-order chi connectivity index (χ1) is 13.9. The fourth-order valence-corrected chi connectivity index (χ4v) is 2.54. The predicted molar refractivity (Wildman–Crippen MR) is 101 cm³/mol. The van der Waals surface area contributed by atoms with E-state index in [2.05, 4.69) is 15.3 Å². The SMILES string of the molecule is CCOC(=O)CC(=O)Cc1cn(-c2ccc(Oc3ncc(Cl)cc3F)cc2)nn1. The highest BCUT2D eigenvalue weighted by Gasteiger charge is 2.14. The molecule has 0 aliphatic heterocycles. The number of aromatic nitrogens is 4. The molecule has 0 saturated carbocycles. The van der Waals surface area contributed by atoms with Gasteiger partial charge in [-0.25, -0.2) is 14.1 Å². The van der Waals surface area contributed by atoms with Gasteiger partial charge in [0, 0.05) is 6.20 Å². The van der Waals surface area contributed by atoms with Crippen molar-refractivity contribution in [3.05, 3.63) is 59.3 Å². The van der Waals surface area contributed by atoms with Crippen LogP contribution in [0, 0.1) is 5.82 Å². The Bertz CT molecular complexity index is 1020. The second kappa shape index (κ2) is 9.24. The summed E-state index contributed by atoms with van der Waals surface area (Å²) in [6.45, 7) is 1.90. The highest BCUT2D eigenvalue weighted by molar-refractivity contribution is 6.30. The maximum atomic E-state index is 13.8. The van der Waals surface area contributed by atoms with Crippen LogP contribution in [-0.4, -0.2) is 38.3 Å². The van der Waals surface area contributed by atoms with Crippen molar-refractivity contribution in [3.8, 4) is 17.3 Å². The Hall–Kier alpha value is -3.33. The molecule has 0 saturated heterocycles. The standard InChI is InChI=1S/C19H16ClFN4O4/c1-2-28-18(27)9-15(26)8-13-11-25(24-23-13)14-3-5-16(6-4-14)29-19-17(21)7-12(20)10-22-19/h3-7,10-11H,2,8-9H2,1H3. The Balaban J connectivity index is 1.63. The van der Waals surface area contributed by atoms with Crippen LogP contribution in [0.1, 0.15) is 19.0 Å². The number of carbonyl (C=O) groups is 2. The lowest BCUT2D eigenvalue weighted by atomic mass is 10.2. The minimum absolute atomic E-state index is 0.0263. The van der Waals surface area contributed by atoms with Crippen LogP contribution >= 0.6 is 11.6 Å². The molecule has 0 fully saturated rings. The average molecular weight is 419 g/mol. The van der Waals surface area contributed by atoms with Crippen LogP contribution in [-0.2, 0) is 20.7 Å². The van der Waals surface area contributed by atoms with E-state index in [4.69, 9.17) is 21.1 Å². The third-order valence-corrected chi connectivity index (χ3v) is 3.86. The van der Waals surface area contributed by atoms with Crippen molar-refractivity contribution in [1.82, 2.24) is 20.0 Å². The Labute approximate surface area is 170 Å². The van der Waals surface area contributed by atoms with Crippen molar-refractivity contribution in [3.63, 3.8) is 0 Å². The molecule has 10 heteroatoms. The van der Waals surface area contributed by atoms with Crippen molar-refractivity contribution in [2.75, 3.05) is 6.61 Å². The van der Waals surface area contributed by atoms with Crippen LogP contribution in [0.2, 0.25) is 5.02 Å². The van der Waals surface area contributed by atoms with Gasteiger partial charge in [-0.15, -0.1) is 5.10 Å². The molecule has 29 heavy (non-hydrogen) atoms. The van der Waals surface area contributed by atoms with Crippen molar-refractivity contribution >= 4 is 23.4 Å². The van der Waals surface area contributed by atoms with Crippen molar-refractivity contribution < 1.29 is 23.5 Å². The Morgan fingerprint density at radius 2 is 2.00 bits per heavy atom. The summed E-state index contributed by atoms with van der Waals surface area (Å²) in [7, 11) is 0. The Morgan fingerprint density at radius 3 is 2.69 bits per heavy atom. The molecule has 0 unspecified atom stereocenters. The van der Waals surface area contributed by atoms with E-state index in [9.17, 15) is 14.0 Å². The Kier molecular flexibility index (Phi) is 6.50. The molecule has 3 rings (SSSR count). The number of rotatable bonds is 8. The van der Waals surface area contributed by atoms with Gasteiger partial charge >= 0.3 is 5.97 Å². The molecule has 150 valence electrons. The van der Waals surface area contributed by atoms with Gasteiger partial charge in [-0.2, -0.15) is 0 Å². The molecular formula is C19H16ClFN4O4. The number of ketones is 1. The average Bonchev–Trinajstić information content (AvgIpc) is 3.13. The fourth-order valence-electron chi connectivity index (χ4n) is 2.40. The summed E-state index contributed by atoms with van der Waals surface area (Å²) in [6, 6.07) is 7.69. The second-order valence-electron chi connectivity index (χ2n) is 5.89. The van der Waals surface area contributed by atoms with Gasteiger partial charge in [-0.3, -0.25) is 9.59 Å². The lowest BCUT2D eigenvalue weighted by Gasteiger charge is -2.06. The number of hydrogen-bond acceptors (Lipinski definition) is 7. The van der Waals surface area contributed by atoms with Crippen molar-refractivity contribution in [2.24, 2.45) is 0 Å². The molecule has 8 nitrogen and oxygen atoms in total. The molecule has 1 aromatic carbocycles. The molecule has 0 N–H and O–H groups in total.